The first-order valence-electron chi connectivity index (χ1n) is 7.81. The summed E-state index contributed by atoms with van der Waals surface area (Å²) in [6.07, 6.45) is 0. The van der Waals surface area contributed by atoms with Crippen molar-refractivity contribution in [1.82, 2.24) is 0 Å². The number of nitrogens with one attached hydrogen (secondary N) is 1. The maximum Gasteiger partial charge on any atom is 0.239 e. The summed E-state index contributed by atoms with van der Waals surface area (Å²) in [4.78, 5) is 24.0. The Bertz CT molecular complexity index is 877. The number of halogens is 1. The van der Waals surface area contributed by atoms with E-state index in [1.165, 1.54) is 12.1 Å². The van der Waals surface area contributed by atoms with Crippen LogP contribution in [0.4, 0.5) is 5.69 Å². The summed E-state index contributed by atoms with van der Waals surface area (Å²) in [5, 5.41) is 2.50. The van der Waals surface area contributed by atoms with E-state index in [9.17, 15) is 18.0 Å². The molecule has 0 radical (unpaired) electrons. The first kappa shape index (κ1) is 20.1. The lowest BCUT2D eigenvalue weighted by molar-refractivity contribution is -0.113. The fourth-order valence-electron chi connectivity index (χ4n) is 2.17. The predicted octanol–water partition coefficient (Wildman–Crippen LogP) is 3.08. The molecule has 6 nitrogen and oxygen atoms in total. The molecule has 8 heteroatoms. The number of hydrogen-bond donors (Lipinski definition) is 1. The van der Waals surface area contributed by atoms with Gasteiger partial charge in [0.05, 0.1) is 6.61 Å². The van der Waals surface area contributed by atoms with Gasteiger partial charge in [-0.1, -0.05) is 28.1 Å². The zero-order valence-electron chi connectivity index (χ0n) is 14.1. The number of ether oxygens (including phenoxy) is 1. The quantitative estimate of drug-likeness (QED) is 0.638. The highest BCUT2D eigenvalue weighted by Crippen LogP contribution is 2.16. The van der Waals surface area contributed by atoms with Gasteiger partial charge in [0.1, 0.15) is 17.3 Å². The number of benzene rings is 2. The number of anilines is 1. The second-order valence-corrected chi connectivity index (χ2v) is 8.45. The van der Waals surface area contributed by atoms with Crippen molar-refractivity contribution in [3.63, 3.8) is 0 Å². The number of hydrogen-bond acceptors (Lipinski definition) is 5. The van der Waals surface area contributed by atoms with Crippen LogP contribution in [0.3, 0.4) is 0 Å². The monoisotopic (exact) mass is 439 g/mol. The lowest BCUT2D eigenvalue weighted by Gasteiger charge is -2.08. The lowest BCUT2D eigenvalue weighted by atomic mass is 10.2. The van der Waals surface area contributed by atoms with Crippen molar-refractivity contribution < 1.29 is 22.7 Å². The Labute approximate surface area is 160 Å². The van der Waals surface area contributed by atoms with Crippen molar-refractivity contribution in [3.05, 3.63) is 58.6 Å². The second kappa shape index (κ2) is 8.95. The first-order valence-corrected chi connectivity index (χ1v) is 10.4. The first-order chi connectivity index (χ1) is 12.3. The highest BCUT2D eigenvalue weighted by molar-refractivity contribution is 9.10. The average molecular weight is 440 g/mol. The molecule has 0 saturated heterocycles. The fourth-order valence-corrected chi connectivity index (χ4v) is 3.57. The maximum absolute atomic E-state index is 12.1. The highest BCUT2D eigenvalue weighted by atomic mass is 79.9. The minimum absolute atomic E-state index is 0.281. The molecule has 0 heterocycles. The van der Waals surface area contributed by atoms with E-state index < -0.39 is 33.0 Å². The van der Waals surface area contributed by atoms with Crippen LogP contribution in [0.5, 0.6) is 5.75 Å². The van der Waals surface area contributed by atoms with Crippen LogP contribution in [0.15, 0.2) is 53.0 Å². The number of carbonyl (C=O) groups excluding carboxylic acids is 2. The van der Waals surface area contributed by atoms with E-state index in [1.54, 1.807) is 36.4 Å². The van der Waals surface area contributed by atoms with E-state index in [2.05, 4.69) is 21.2 Å². The van der Waals surface area contributed by atoms with Crippen molar-refractivity contribution in [1.29, 1.82) is 0 Å². The summed E-state index contributed by atoms with van der Waals surface area (Å²) in [5.41, 5.74) is 0.733. The molecule has 0 aliphatic heterocycles. The number of rotatable bonds is 8. The van der Waals surface area contributed by atoms with Crippen LogP contribution < -0.4 is 10.1 Å². The Hall–Kier alpha value is -2.19. The van der Waals surface area contributed by atoms with Crippen molar-refractivity contribution >= 4 is 43.1 Å². The Balaban J connectivity index is 1.94. The van der Waals surface area contributed by atoms with E-state index in [0.717, 1.165) is 4.47 Å². The predicted molar refractivity (Wildman–Crippen MR) is 103 cm³/mol. The van der Waals surface area contributed by atoms with Crippen molar-refractivity contribution in [2.75, 3.05) is 23.4 Å². The molecular formula is C18H18BrNO5S. The van der Waals surface area contributed by atoms with Crippen LogP contribution in [0.1, 0.15) is 17.3 Å². The number of sulfone groups is 1. The van der Waals surface area contributed by atoms with Crippen molar-refractivity contribution in [3.8, 4) is 5.75 Å². The molecule has 0 aliphatic carbocycles. The standard InChI is InChI=1S/C18H18BrNO5S/c1-2-25-16-9-7-15(8-10-16)20-18(22)12-26(23,24)11-17(21)13-3-5-14(19)6-4-13/h3-10H,2,11-12H2,1H3,(H,20,22). The molecule has 1 N–H and O–H groups in total. The van der Waals surface area contributed by atoms with Gasteiger partial charge < -0.3 is 10.1 Å². The maximum atomic E-state index is 12.1. The van der Waals surface area contributed by atoms with Gasteiger partial charge in [-0.05, 0) is 43.3 Å². The van der Waals surface area contributed by atoms with Gasteiger partial charge in [-0.25, -0.2) is 8.42 Å². The van der Waals surface area contributed by atoms with Gasteiger partial charge >= 0.3 is 0 Å². The second-order valence-electron chi connectivity index (χ2n) is 5.47. The van der Waals surface area contributed by atoms with Crippen LogP contribution in [0.2, 0.25) is 0 Å². The molecule has 138 valence electrons. The third-order valence-corrected chi connectivity index (χ3v) is 5.25. The summed E-state index contributed by atoms with van der Waals surface area (Å²) in [6.45, 7) is 2.38. The Morgan fingerprint density at radius 1 is 1.00 bits per heavy atom. The van der Waals surface area contributed by atoms with Gasteiger partial charge in [0.2, 0.25) is 5.91 Å². The summed E-state index contributed by atoms with van der Waals surface area (Å²) in [7, 11) is -3.87. The van der Waals surface area contributed by atoms with E-state index >= 15 is 0 Å². The zero-order valence-corrected chi connectivity index (χ0v) is 16.5. The normalized spacial score (nSPS) is 11.0. The summed E-state index contributed by atoms with van der Waals surface area (Å²) in [5.74, 6) is -2.07. The van der Waals surface area contributed by atoms with Crippen molar-refractivity contribution in [2.45, 2.75) is 6.92 Å². The molecular weight excluding hydrogens is 422 g/mol. The van der Waals surface area contributed by atoms with Gasteiger partial charge in [0.25, 0.3) is 0 Å². The molecule has 2 aromatic carbocycles. The van der Waals surface area contributed by atoms with Gasteiger partial charge in [-0.15, -0.1) is 0 Å². The lowest BCUT2D eigenvalue weighted by Crippen LogP contribution is -2.27. The third kappa shape index (κ3) is 6.27. The Morgan fingerprint density at radius 3 is 2.19 bits per heavy atom. The molecule has 0 saturated carbocycles. The van der Waals surface area contributed by atoms with Gasteiger partial charge in [-0.2, -0.15) is 0 Å². The molecule has 0 bridgehead atoms. The van der Waals surface area contributed by atoms with Gasteiger partial charge in [-0.3, -0.25) is 9.59 Å². The Kier molecular flexibility index (Phi) is 6.93. The van der Waals surface area contributed by atoms with E-state index in [4.69, 9.17) is 4.74 Å². The molecule has 0 aliphatic rings. The molecule has 0 fully saturated rings. The van der Waals surface area contributed by atoms with E-state index in [0.29, 0.717) is 18.0 Å². The zero-order chi connectivity index (χ0) is 19.2. The summed E-state index contributed by atoms with van der Waals surface area (Å²) >= 11 is 3.24. The SMILES string of the molecule is CCOc1ccc(NC(=O)CS(=O)(=O)CC(=O)c2ccc(Br)cc2)cc1. The fraction of sp³-hybridized carbons (Fsp3) is 0.222. The van der Waals surface area contributed by atoms with Crippen LogP contribution in [0.25, 0.3) is 0 Å². The number of ketones is 1. The largest absolute Gasteiger partial charge is 0.494 e. The molecule has 0 atom stereocenters. The number of amides is 1. The Morgan fingerprint density at radius 2 is 1.62 bits per heavy atom. The molecule has 0 unspecified atom stereocenters. The molecule has 26 heavy (non-hydrogen) atoms. The summed E-state index contributed by atoms with van der Waals surface area (Å²) < 4.78 is 30.3. The van der Waals surface area contributed by atoms with E-state index in [-0.39, 0.29) is 5.56 Å². The third-order valence-electron chi connectivity index (χ3n) is 3.32. The minimum Gasteiger partial charge on any atom is -0.494 e. The molecule has 1 amide bonds. The van der Waals surface area contributed by atoms with Crippen LogP contribution in [-0.4, -0.2) is 38.2 Å². The van der Waals surface area contributed by atoms with Crippen LogP contribution >= 0.6 is 15.9 Å². The number of carbonyl (C=O) groups is 2. The molecule has 2 aromatic rings. The molecule has 0 spiro atoms. The average Bonchev–Trinajstić information content (AvgIpc) is 2.56. The molecule has 2 rings (SSSR count). The molecule has 0 aromatic heterocycles. The van der Waals surface area contributed by atoms with E-state index in [1.807, 2.05) is 6.92 Å². The highest BCUT2D eigenvalue weighted by Gasteiger charge is 2.21. The van der Waals surface area contributed by atoms with Crippen LogP contribution in [0, 0.1) is 0 Å². The van der Waals surface area contributed by atoms with Crippen molar-refractivity contribution in [2.24, 2.45) is 0 Å². The number of Topliss-reactive ketones (excluding diaryl/α,β-unsaturated/α-hetero) is 1. The summed E-state index contributed by atoms with van der Waals surface area (Å²) in [6, 6.07) is 12.9. The van der Waals surface area contributed by atoms with Gasteiger partial charge in [0.15, 0.2) is 15.6 Å². The van der Waals surface area contributed by atoms with Gasteiger partial charge in [0, 0.05) is 15.7 Å². The minimum atomic E-state index is -3.87. The smallest absolute Gasteiger partial charge is 0.239 e. The van der Waals surface area contributed by atoms with Crippen LogP contribution in [-0.2, 0) is 14.6 Å². The topological polar surface area (TPSA) is 89.5 Å².